The number of fused-ring (bicyclic) bond motifs is 1. The molecule has 0 unspecified atom stereocenters. The lowest BCUT2D eigenvalue weighted by Gasteiger charge is -2.04. The molecule has 1 aromatic carbocycles. The van der Waals surface area contributed by atoms with E-state index >= 15 is 0 Å². The normalized spacial score (nSPS) is 11.2. The molecule has 9 heteroatoms. The third kappa shape index (κ3) is 3.87. The quantitative estimate of drug-likeness (QED) is 0.444. The Hall–Kier alpha value is -4.27. The van der Waals surface area contributed by atoms with Gasteiger partial charge in [0.2, 0.25) is 11.9 Å². The van der Waals surface area contributed by atoms with E-state index in [1.807, 2.05) is 44.2 Å². The molecule has 5 aromatic rings. The van der Waals surface area contributed by atoms with Crippen LogP contribution in [0.5, 0.6) is 0 Å². The number of carbonyl (C=O) groups is 1. The Bertz CT molecular complexity index is 1380. The highest BCUT2D eigenvalue weighted by Gasteiger charge is 2.17. The van der Waals surface area contributed by atoms with Gasteiger partial charge in [-0.1, -0.05) is 29.8 Å². The molecule has 0 aliphatic rings. The number of aryl methyl sites for hydroxylation is 2. The van der Waals surface area contributed by atoms with Crippen molar-refractivity contribution in [3.8, 4) is 11.3 Å². The van der Waals surface area contributed by atoms with Crippen molar-refractivity contribution in [1.29, 1.82) is 0 Å². The largest absolute Gasteiger partial charge is 0.464 e. The van der Waals surface area contributed by atoms with E-state index in [1.54, 1.807) is 28.2 Å². The van der Waals surface area contributed by atoms with Crippen LogP contribution in [0.25, 0.3) is 22.4 Å². The molecule has 4 aromatic heterocycles. The summed E-state index contributed by atoms with van der Waals surface area (Å²) in [6.07, 6.45) is 4.91. The van der Waals surface area contributed by atoms with Gasteiger partial charge in [-0.3, -0.25) is 10.1 Å². The topological polar surface area (TPSA) is 104 Å². The summed E-state index contributed by atoms with van der Waals surface area (Å²) in [6.45, 7) is 4.50. The van der Waals surface area contributed by atoms with Crippen LogP contribution in [0.2, 0.25) is 0 Å². The fourth-order valence-electron chi connectivity index (χ4n) is 3.64. The second-order valence-corrected chi connectivity index (χ2v) is 7.58. The van der Waals surface area contributed by atoms with Gasteiger partial charge < -0.3 is 4.42 Å². The van der Waals surface area contributed by atoms with Crippen LogP contribution >= 0.6 is 0 Å². The van der Waals surface area contributed by atoms with Crippen LogP contribution in [-0.2, 0) is 17.9 Å². The highest BCUT2D eigenvalue weighted by Crippen LogP contribution is 2.29. The van der Waals surface area contributed by atoms with Gasteiger partial charge in [0.1, 0.15) is 18.6 Å². The summed E-state index contributed by atoms with van der Waals surface area (Å²) in [5, 5.41) is 12.4. The van der Waals surface area contributed by atoms with Gasteiger partial charge in [0.25, 0.3) is 0 Å². The van der Waals surface area contributed by atoms with Gasteiger partial charge in [-0.25, -0.2) is 19.3 Å². The van der Waals surface area contributed by atoms with Gasteiger partial charge in [-0.05, 0) is 37.6 Å². The Morgan fingerprint density at radius 2 is 1.91 bits per heavy atom. The van der Waals surface area contributed by atoms with Crippen LogP contribution in [0, 0.1) is 13.8 Å². The lowest BCUT2D eigenvalue weighted by Crippen LogP contribution is -2.20. The predicted molar refractivity (Wildman–Crippen MR) is 119 cm³/mol. The summed E-state index contributed by atoms with van der Waals surface area (Å²) in [7, 11) is 0. The van der Waals surface area contributed by atoms with Crippen LogP contribution in [0.4, 0.5) is 5.95 Å². The van der Waals surface area contributed by atoms with Crippen molar-refractivity contribution in [1.82, 2.24) is 29.5 Å². The first kappa shape index (κ1) is 19.7. The molecule has 1 amide bonds. The van der Waals surface area contributed by atoms with Gasteiger partial charge in [0.15, 0.2) is 5.65 Å². The number of hydrogen-bond acceptors (Lipinski definition) is 6. The van der Waals surface area contributed by atoms with Gasteiger partial charge in [0.05, 0.1) is 23.9 Å². The van der Waals surface area contributed by atoms with E-state index in [1.165, 1.54) is 5.56 Å². The van der Waals surface area contributed by atoms with Crippen molar-refractivity contribution < 1.29 is 9.21 Å². The third-order valence-corrected chi connectivity index (χ3v) is 5.14. The molecule has 0 saturated heterocycles. The van der Waals surface area contributed by atoms with Crippen LogP contribution in [0.3, 0.4) is 0 Å². The molecular weight excluding hydrogens is 406 g/mol. The van der Waals surface area contributed by atoms with Crippen molar-refractivity contribution >= 4 is 22.9 Å². The minimum Gasteiger partial charge on any atom is -0.464 e. The molecular formula is C23H21N7O2. The van der Waals surface area contributed by atoms with E-state index in [0.29, 0.717) is 12.2 Å². The van der Waals surface area contributed by atoms with Crippen LogP contribution in [-0.4, -0.2) is 35.4 Å². The van der Waals surface area contributed by atoms with E-state index in [0.717, 1.165) is 28.0 Å². The number of amides is 1. The third-order valence-electron chi connectivity index (χ3n) is 5.14. The molecule has 0 aliphatic heterocycles. The molecule has 0 saturated carbocycles. The Balaban J connectivity index is 1.31. The Morgan fingerprint density at radius 1 is 1.06 bits per heavy atom. The van der Waals surface area contributed by atoms with Crippen molar-refractivity contribution in [2.45, 2.75) is 26.9 Å². The standard InChI is InChI=1S/C23H21N7O2/c1-15-5-7-17(8-6-15)12-29-14-25-23(28-29)26-20(31)13-30-22-21(16(2)27-30)18(9-10-24-22)19-4-3-11-32-19/h3-11,14H,12-13H2,1-2H3,(H,26,28,31). The first-order valence-corrected chi connectivity index (χ1v) is 10.2. The highest BCUT2D eigenvalue weighted by molar-refractivity contribution is 5.95. The minimum atomic E-state index is -0.285. The van der Waals surface area contributed by atoms with Crippen LogP contribution < -0.4 is 5.32 Å². The SMILES string of the molecule is Cc1ccc(Cn2cnc(NC(=O)Cn3nc(C)c4c(-c5ccco5)ccnc43)n2)cc1. The fraction of sp³-hybridized carbons (Fsp3) is 0.174. The molecule has 32 heavy (non-hydrogen) atoms. The number of rotatable bonds is 6. The molecule has 0 atom stereocenters. The molecule has 0 aliphatic carbocycles. The number of carbonyl (C=O) groups excluding carboxylic acids is 1. The first-order chi connectivity index (χ1) is 15.6. The zero-order valence-corrected chi connectivity index (χ0v) is 17.7. The Kier molecular flexibility index (Phi) is 4.98. The average Bonchev–Trinajstić information content (AvgIpc) is 3.52. The predicted octanol–water partition coefficient (Wildman–Crippen LogP) is 3.59. The zero-order chi connectivity index (χ0) is 22.1. The van der Waals surface area contributed by atoms with Gasteiger partial charge >= 0.3 is 0 Å². The van der Waals surface area contributed by atoms with Crippen LogP contribution in [0.15, 0.2) is 65.7 Å². The van der Waals surface area contributed by atoms with Crippen molar-refractivity contribution in [3.63, 3.8) is 0 Å². The molecule has 0 bridgehead atoms. The number of pyridine rings is 1. The molecule has 1 N–H and O–H groups in total. The second-order valence-electron chi connectivity index (χ2n) is 7.58. The summed E-state index contributed by atoms with van der Waals surface area (Å²) in [5.41, 5.74) is 4.58. The summed E-state index contributed by atoms with van der Waals surface area (Å²) < 4.78 is 8.80. The molecule has 4 heterocycles. The van der Waals surface area contributed by atoms with E-state index in [-0.39, 0.29) is 18.4 Å². The smallest absolute Gasteiger partial charge is 0.248 e. The number of aromatic nitrogens is 6. The lowest BCUT2D eigenvalue weighted by atomic mass is 10.1. The zero-order valence-electron chi connectivity index (χ0n) is 17.7. The van der Waals surface area contributed by atoms with Gasteiger partial charge in [-0.15, -0.1) is 5.10 Å². The van der Waals surface area contributed by atoms with Gasteiger partial charge in [0, 0.05) is 11.8 Å². The van der Waals surface area contributed by atoms with Gasteiger partial charge in [-0.2, -0.15) is 5.10 Å². The maximum atomic E-state index is 12.6. The number of nitrogens with zero attached hydrogens (tertiary/aromatic N) is 6. The second kappa shape index (κ2) is 8.10. The molecule has 5 rings (SSSR count). The Labute approximate surface area is 183 Å². The number of benzene rings is 1. The summed E-state index contributed by atoms with van der Waals surface area (Å²) in [6, 6.07) is 13.8. The molecule has 0 fully saturated rings. The number of furan rings is 1. The van der Waals surface area contributed by atoms with Crippen LogP contribution in [0.1, 0.15) is 16.8 Å². The monoisotopic (exact) mass is 427 g/mol. The van der Waals surface area contributed by atoms with Crippen molar-refractivity contribution in [3.05, 3.63) is 78.1 Å². The maximum Gasteiger partial charge on any atom is 0.248 e. The first-order valence-electron chi connectivity index (χ1n) is 10.2. The minimum absolute atomic E-state index is 0.00848. The molecule has 9 nitrogen and oxygen atoms in total. The number of hydrogen-bond donors (Lipinski definition) is 1. The number of nitrogens with one attached hydrogen (secondary N) is 1. The van der Waals surface area contributed by atoms with Crippen molar-refractivity contribution in [2.24, 2.45) is 0 Å². The average molecular weight is 427 g/mol. The summed E-state index contributed by atoms with van der Waals surface area (Å²) >= 11 is 0. The molecule has 0 radical (unpaired) electrons. The van der Waals surface area contributed by atoms with E-state index < -0.39 is 0 Å². The number of anilines is 1. The molecule has 160 valence electrons. The lowest BCUT2D eigenvalue weighted by molar-refractivity contribution is -0.116. The summed E-state index contributed by atoms with van der Waals surface area (Å²) in [4.78, 5) is 21.3. The van der Waals surface area contributed by atoms with E-state index in [4.69, 9.17) is 4.42 Å². The van der Waals surface area contributed by atoms with E-state index in [2.05, 4.69) is 37.6 Å². The highest BCUT2D eigenvalue weighted by atomic mass is 16.3. The maximum absolute atomic E-state index is 12.6. The fourth-order valence-corrected chi connectivity index (χ4v) is 3.64. The summed E-state index contributed by atoms with van der Waals surface area (Å²) in [5.74, 6) is 0.694. The van der Waals surface area contributed by atoms with Crippen molar-refractivity contribution in [2.75, 3.05) is 5.32 Å². The Morgan fingerprint density at radius 3 is 2.69 bits per heavy atom. The van der Waals surface area contributed by atoms with E-state index in [9.17, 15) is 4.79 Å². The molecule has 0 spiro atoms.